The number of benzene rings is 1. The third-order valence-electron chi connectivity index (χ3n) is 5.84. The van der Waals surface area contributed by atoms with Gasteiger partial charge in [0.1, 0.15) is 0 Å². The van der Waals surface area contributed by atoms with Gasteiger partial charge in [-0.25, -0.2) is 4.79 Å². The number of hydrogen-bond acceptors (Lipinski definition) is 4. The largest absolute Gasteiger partial charge is 0.494 e. The summed E-state index contributed by atoms with van der Waals surface area (Å²) in [7, 11) is -0.359. The Balaban J connectivity index is 1.67. The molecule has 2 saturated heterocycles. The molecular formula is C19H29BN2O4. The van der Waals surface area contributed by atoms with E-state index in [-0.39, 0.29) is 24.4 Å². The van der Waals surface area contributed by atoms with E-state index < -0.39 is 6.09 Å². The number of amides is 1. The highest BCUT2D eigenvalue weighted by Crippen LogP contribution is 2.36. The van der Waals surface area contributed by atoms with Gasteiger partial charge in [0.25, 0.3) is 0 Å². The lowest BCUT2D eigenvalue weighted by molar-refractivity contribution is 0.00578. The van der Waals surface area contributed by atoms with Crippen molar-refractivity contribution in [3.63, 3.8) is 0 Å². The zero-order chi connectivity index (χ0) is 19.1. The molecule has 2 heterocycles. The number of hydrogen-bond donors (Lipinski definition) is 1. The van der Waals surface area contributed by atoms with Crippen LogP contribution in [0.3, 0.4) is 0 Å². The van der Waals surface area contributed by atoms with E-state index in [9.17, 15) is 9.90 Å². The van der Waals surface area contributed by atoms with Crippen LogP contribution in [0.25, 0.3) is 0 Å². The highest BCUT2D eigenvalue weighted by atomic mass is 16.7. The molecule has 1 aromatic carbocycles. The smallest absolute Gasteiger partial charge is 0.465 e. The number of nitrogens with zero attached hydrogens (tertiary/aromatic N) is 2. The molecule has 1 aromatic rings. The highest BCUT2D eigenvalue weighted by Gasteiger charge is 2.51. The van der Waals surface area contributed by atoms with Crippen molar-refractivity contribution in [3.8, 4) is 0 Å². The molecule has 0 spiro atoms. The molecule has 1 amide bonds. The summed E-state index contributed by atoms with van der Waals surface area (Å²) in [5, 5.41) is 9.21. The average molecular weight is 360 g/mol. The van der Waals surface area contributed by atoms with Gasteiger partial charge in [-0.05, 0) is 45.6 Å². The van der Waals surface area contributed by atoms with Crippen molar-refractivity contribution in [2.75, 3.05) is 19.6 Å². The van der Waals surface area contributed by atoms with Gasteiger partial charge in [0.2, 0.25) is 0 Å². The second kappa shape index (κ2) is 6.87. The normalized spacial score (nSPS) is 25.5. The maximum Gasteiger partial charge on any atom is 0.494 e. The highest BCUT2D eigenvalue weighted by molar-refractivity contribution is 6.62. The lowest BCUT2D eigenvalue weighted by atomic mass is 9.78. The molecule has 2 aliphatic heterocycles. The summed E-state index contributed by atoms with van der Waals surface area (Å²) in [5.41, 5.74) is 1.51. The molecule has 0 aromatic heterocycles. The van der Waals surface area contributed by atoms with Crippen LogP contribution in [0.1, 0.15) is 40.2 Å². The predicted molar refractivity (Wildman–Crippen MR) is 102 cm³/mol. The molecule has 0 aliphatic carbocycles. The van der Waals surface area contributed by atoms with Gasteiger partial charge in [-0.3, -0.25) is 4.90 Å². The van der Waals surface area contributed by atoms with Crippen molar-refractivity contribution in [3.05, 3.63) is 29.8 Å². The molecule has 0 bridgehead atoms. The molecule has 1 unspecified atom stereocenters. The van der Waals surface area contributed by atoms with Crippen molar-refractivity contribution < 1.29 is 19.2 Å². The molecule has 26 heavy (non-hydrogen) atoms. The molecular weight excluding hydrogens is 331 g/mol. The van der Waals surface area contributed by atoms with Crippen molar-refractivity contribution in [2.45, 2.75) is 58.4 Å². The fourth-order valence-corrected chi connectivity index (χ4v) is 3.54. The molecule has 2 aliphatic rings. The minimum Gasteiger partial charge on any atom is -0.465 e. The quantitative estimate of drug-likeness (QED) is 0.838. The van der Waals surface area contributed by atoms with Crippen molar-refractivity contribution >= 4 is 18.7 Å². The Hall–Kier alpha value is -1.57. The van der Waals surface area contributed by atoms with Gasteiger partial charge in [0, 0.05) is 32.2 Å². The Bertz CT molecular complexity index is 663. The molecule has 2 fully saturated rings. The number of carbonyl (C=O) groups is 1. The summed E-state index contributed by atoms with van der Waals surface area (Å²) in [6.07, 6.45) is -0.833. The van der Waals surface area contributed by atoms with Gasteiger partial charge in [0.05, 0.1) is 11.2 Å². The third kappa shape index (κ3) is 3.75. The molecule has 0 saturated carbocycles. The first kappa shape index (κ1) is 19.2. The second-order valence-corrected chi connectivity index (χ2v) is 8.39. The van der Waals surface area contributed by atoms with E-state index in [1.54, 1.807) is 0 Å². The standard InChI is InChI=1S/C19H29BN2O4/c1-14-12-21(9-10-22(14)17(23)24)13-15-7-6-8-16(11-15)20-25-18(2,3)19(4,5)26-20/h6-8,11,14H,9-10,12-13H2,1-5H3,(H,23,24). The van der Waals surface area contributed by atoms with Crippen molar-refractivity contribution in [1.82, 2.24) is 9.80 Å². The maximum atomic E-state index is 11.2. The van der Waals surface area contributed by atoms with Crippen LogP contribution in [0.5, 0.6) is 0 Å². The van der Waals surface area contributed by atoms with Gasteiger partial charge in [0.15, 0.2) is 0 Å². The number of rotatable bonds is 3. The first-order valence-electron chi connectivity index (χ1n) is 9.25. The van der Waals surface area contributed by atoms with E-state index in [2.05, 4.69) is 44.7 Å². The minimum atomic E-state index is -0.833. The summed E-state index contributed by atoms with van der Waals surface area (Å²) in [6.45, 7) is 13.0. The van der Waals surface area contributed by atoms with E-state index in [4.69, 9.17) is 9.31 Å². The number of piperazine rings is 1. The first-order chi connectivity index (χ1) is 12.1. The Morgan fingerprint density at radius 1 is 1.23 bits per heavy atom. The molecule has 1 atom stereocenters. The minimum absolute atomic E-state index is 0.00697. The van der Waals surface area contributed by atoms with Crippen LogP contribution < -0.4 is 5.46 Å². The van der Waals surface area contributed by atoms with Crippen molar-refractivity contribution in [2.24, 2.45) is 0 Å². The van der Waals surface area contributed by atoms with E-state index in [1.165, 1.54) is 10.5 Å². The maximum absolute atomic E-state index is 11.2. The summed E-state index contributed by atoms with van der Waals surface area (Å²) in [4.78, 5) is 15.0. The lowest BCUT2D eigenvalue weighted by Crippen LogP contribution is -2.53. The summed E-state index contributed by atoms with van der Waals surface area (Å²) in [6, 6.07) is 8.32. The van der Waals surface area contributed by atoms with E-state index >= 15 is 0 Å². The van der Waals surface area contributed by atoms with Gasteiger partial charge < -0.3 is 19.3 Å². The number of carboxylic acid groups (broad SMARTS) is 1. The first-order valence-corrected chi connectivity index (χ1v) is 9.25. The van der Waals surface area contributed by atoms with Crippen LogP contribution in [0.4, 0.5) is 4.79 Å². The van der Waals surface area contributed by atoms with Gasteiger partial charge in [-0.1, -0.05) is 24.3 Å². The Kier molecular flexibility index (Phi) is 5.07. The zero-order valence-corrected chi connectivity index (χ0v) is 16.4. The Morgan fingerprint density at radius 3 is 2.46 bits per heavy atom. The molecule has 7 heteroatoms. The van der Waals surface area contributed by atoms with Gasteiger partial charge in [-0.15, -0.1) is 0 Å². The fourth-order valence-electron chi connectivity index (χ4n) is 3.54. The lowest BCUT2D eigenvalue weighted by Gasteiger charge is -2.38. The summed E-state index contributed by atoms with van der Waals surface area (Å²) < 4.78 is 12.3. The van der Waals surface area contributed by atoms with Crippen LogP contribution in [0.15, 0.2) is 24.3 Å². The average Bonchev–Trinajstić information content (AvgIpc) is 2.75. The third-order valence-corrected chi connectivity index (χ3v) is 5.84. The van der Waals surface area contributed by atoms with E-state index in [1.807, 2.05) is 19.1 Å². The van der Waals surface area contributed by atoms with E-state index in [0.29, 0.717) is 6.54 Å². The van der Waals surface area contributed by atoms with Crippen LogP contribution >= 0.6 is 0 Å². The predicted octanol–water partition coefficient (Wildman–Crippen LogP) is 2.17. The zero-order valence-electron chi connectivity index (χ0n) is 16.4. The fraction of sp³-hybridized carbons (Fsp3) is 0.632. The SMILES string of the molecule is CC1CN(Cc2cccc(B3OC(C)(C)C(C)(C)O3)c2)CCN1C(=O)O. The monoisotopic (exact) mass is 360 g/mol. The Morgan fingerprint density at radius 2 is 1.88 bits per heavy atom. The molecule has 0 radical (unpaired) electrons. The van der Waals surface area contributed by atoms with Crippen LogP contribution in [-0.2, 0) is 15.9 Å². The molecule has 142 valence electrons. The summed E-state index contributed by atoms with van der Waals surface area (Å²) >= 11 is 0. The van der Waals surface area contributed by atoms with Gasteiger partial charge >= 0.3 is 13.2 Å². The molecule has 3 rings (SSSR count). The second-order valence-electron chi connectivity index (χ2n) is 8.39. The Labute approximate surface area is 156 Å². The van der Waals surface area contributed by atoms with Crippen LogP contribution in [-0.4, -0.2) is 65.0 Å². The van der Waals surface area contributed by atoms with Crippen molar-refractivity contribution in [1.29, 1.82) is 0 Å². The van der Waals surface area contributed by atoms with Crippen LogP contribution in [0, 0.1) is 0 Å². The van der Waals surface area contributed by atoms with Crippen LogP contribution in [0.2, 0.25) is 0 Å². The molecule has 6 nitrogen and oxygen atoms in total. The van der Waals surface area contributed by atoms with Gasteiger partial charge in [-0.2, -0.15) is 0 Å². The van der Waals surface area contributed by atoms with E-state index in [0.717, 1.165) is 25.1 Å². The molecule has 1 N–H and O–H groups in total. The summed E-state index contributed by atoms with van der Waals surface area (Å²) in [5.74, 6) is 0. The topological polar surface area (TPSA) is 62.2 Å².